The zero-order chi connectivity index (χ0) is 21.1. The lowest BCUT2D eigenvalue weighted by Crippen LogP contribution is -2.57. The fourth-order valence-corrected chi connectivity index (χ4v) is 4.50. The van der Waals surface area contributed by atoms with Gasteiger partial charge in [0.1, 0.15) is 18.1 Å². The Morgan fingerprint density at radius 3 is 2.63 bits per heavy atom. The van der Waals surface area contributed by atoms with Crippen molar-refractivity contribution in [2.75, 3.05) is 32.5 Å². The maximum atomic E-state index is 12.3. The number of halogens is 1. The summed E-state index contributed by atoms with van der Waals surface area (Å²) in [5.41, 5.74) is 0.882. The van der Waals surface area contributed by atoms with E-state index in [1.165, 1.54) is 0 Å². The topological polar surface area (TPSA) is 113 Å². The monoisotopic (exact) mass is 548 g/mol. The highest BCUT2D eigenvalue weighted by molar-refractivity contribution is 14.0. The second-order valence-corrected chi connectivity index (χ2v) is 10.2. The number of hydrogen-bond acceptors (Lipinski definition) is 6. The van der Waals surface area contributed by atoms with Gasteiger partial charge < -0.3 is 15.0 Å². The zero-order valence-electron chi connectivity index (χ0n) is 17.7. The largest absolute Gasteiger partial charge is 0.497 e. The molecule has 0 unspecified atom stereocenters. The van der Waals surface area contributed by atoms with E-state index in [0.29, 0.717) is 43.8 Å². The average molecular weight is 548 g/mol. The Labute approximate surface area is 194 Å². The lowest BCUT2D eigenvalue weighted by atomic mass is 10.2. The van der Waals surface area contributed by atoms with E-state index in [-0.39, 0.29) is 29.7 Å². The summed E-state index contributed by atoms with van der Waals surface area (Å²) in [5.74, 6) is 2.80. The number of methoxy groups -OCH3 is 1. The Morgan fingerprint density at radius 1 is 1.33 bits per heavy atom. The molecule has 1 aliphatic rings. The van der Waals surface area contributed by atoms with Gasteiger partial charge in [0.05, 0.1) is 17.6 Å². The summed E-state index contributed by atoms with van der Waals surface area (Å²) in [5, 5.41) is 10.4. The minimum atomic E-state index is -3.10. The van der Waals surface area contributed by atoms with Crippen molar-refractivity contribution in [3.8, 4) is 17.1 Å². The van der Waals surface area contributed by atoms with E-state index in [2.05, 4.69) is 25.5 Å². The van der Waals surface area contributed by atoms with E-state index in [4.69, 9.17) is 4.74 Å². The molecule has 0 bridgehead atoms. The van der Waals surface area contributed by atoms with E-state index < -0.39 is 14.6 Å². The van der Waals surface area contributed by atoms with Crippen LogP contribution >= 0.6 is 24.0 Å². The normalized spacial score (nSPS) is 17.9. The number of guanidine groups is 1. The van der Waals surface area contributed by atoms with Gasteiger partial charge in [-0.05, 0) is 45.0 Å². The van der Waals surface area contributed by atoms with Gasteiger partial charge in [-0.2, -0.15) is 5.10 Å². The Morgan fingerprint density at radius 2 is 2.03 bits per heavy atom. The number of rotatable bonds is 5. The highest BCUT2D eigenvalue weighted by Crippen LogP contribution is 2.24. The molecule has 166 valence electrons. The number of sulfone groups is 1. The van der Waals surface area contributed by atoms with E-state index in [9.17, 15) is 8.42 Å². The first kappa shape index (κ1) is 24.4. The Balaban J connectivity index is 0.00000320. The Kier molecular flexibility index (Phi) is 8.08. The molecule has 0 spiro atoms. The van der Waals surface area contributed by atoms with Gasteiger partial charge in [0.15, 0.2) is 21.6 Å². The molecule has 30 heavy (non-hydrogen) atoms. The van der Waals surface area contributed by atoms with Crippen LogP contribution in [-0.2, 0) is 16.4 Å². The van der Waals surface area contributed by atoms with Crippen LogP contribution in [0.2, 0.25) is 0 Å². The molecule has 0 atom stereocenters. The van der Waals surface area contributed by atoms with Crippen LogP contribution in [-0.4, -0.2) is 71.7 Å². The molecular formula is C19H29IN6O3S. The van der Waals surface area contributed by atoms with Crippen LogP contribution in [0.15, 0.2) is 29.3 Å². The Hall–Kier alpha value is -1.89. The van der Waals surface area contributed by atoms with Gasteiger partial charge in [-0.25, -0.2) is 18.4 Å². The molecule has 2 N–H and O–H groups in total. The standard InChI is InChI=1S/C19H28N6O3S.HI/c1-5-20-18(25-10-11-29(26,27)19(2,3)13-25)21-12-16-22-17(24-23-16)14-6-8-15(28-4)9-7-14;/h6-9H,5,10-13H2,1-4H3,(H,20,21)(H,22,23,24);1H. The summed E-state index contributed by atoms with van der Waals surface area (Å²) in [6.07, 6.45) is 0. The zero-order valence-corrected chi connectivity index (χ0v) is 20.8. The van der Waals surface area contributed by atoms with Crippen LogP contribution in [0, 0.1) is 0 Å². The molecule has 1 aliphatic heterocycles. The summed E-state index contributed by atoms with van der Waals surface area (Å²) in [6, 6.07) is 7.52. The summed E-state index contributed by atoms with van der Waals surface area (Å²) >= 11 is 0. The van der Waals surface area contributed by atoms with E-state index in [1.807, 2.05) is 36.1 Å². The van der Waals surface area contributed by atoms with Crippen molar-refractivity contribution in [2.45, 2.75) is 32.1 Å². The molecule has 1 aromatic carbocycles. The minimum Gasteiger partial charge on any atom is -0.497 e. The fraction of sp³-hybridized carbons (Fsp3) is 0.526. The number of hydrogen-bond donors (Lipinski definition) is 2. The van der Waals surface area contributed by atoms with Crippen molar-refractivity contribution in [3.63, 3.8) is 0 Å². The molecule has 11 heteroatoms. The van der Waals surface area contributed by atoms with Gasteiger partial charge in [0, 0.05) is 25.2 Å². The van der Waals surface area contributed by atoms with Crippen molar-refractivity contribution >= 4 is 39.8 Å². The number of aromatic amines is 1. The molecule has 1 aromatic heterocycles. The summed E-state index contributed by atoms with van der Waals surface area (Å²) in [7, 11) is -1.48. The van der Waals surface area contributed by atoms with Crippen LogP contribution in [0.5, 0.6) is 5.75 Å². The second-order valence-electron chi connectivity index (χ2n) is 7.50. The first-order valence-electron chi connectivity index (χ1n) is 9.57. The van der Waals surface area contributed by atoms with Crippen LogP contribution in [0.1, 0.15) is 26.6 Å². The molecule has 2 aromatic rings. The first-order chi connectivity index (χ1) is 13.8. The van der Waals surface area contributed by atoms with Crippen molar-refractivity contribution < 1.29 is 13.2 Å². The van der Waals surface area contributed by atoms with Crippen LogP contribution < -0.4 is 10.1 Å². The van der Waals surface area contributed by atoms with Gasteiger partial charge >= 0.3 is 0 Å². The molecule has 3 rings (SSSR count). The molecule has 1 saturated heterocycles. The quantitative estimate of drug-likeness (QED) is 0.334. The molecule has 9 nitrogen and oxygen atoms in total. The minimum absolute atomic E-state index is 0. The number of aromatic nitrogens is 3. The van der Waals surface area contributed by atoms with Crippen molar-refractivity contribution in [1.82, 2.24) is 25.4 Å². The predicted molar refractivity (Wildman–Crippen MR) is 128 cm³/mol. The number of ether oxygens (including phenoxy) is 1. The predicted octanol–water partition coefficient (Wildman–Crippen LogP) is 2.07. The molecule has 0 aliphatic carbocycles. The van der Waals surface area contributed by atoms with E-state index in [0.717, 1.165) is 11.3 Å². The SMILES string of the molecule is CCNC(=NCc1nc(-c2ccc(OC)cc2)n[nH]1)N1CCS(=O)(=O)C(C)(C)C1.I. The van der Waals surface area contributed by atoms with Gasteiger partial charge in [0.2, 0.25) is 0 Å². The number of aliphatic imine (C=N–C) groups is 1. The van der Waals surface area contributed by atoms with Gasteiger partial charge in [0.25, 0.3) is 0 Å². The smallest absolute Gasteiger partial charge is 0.194 e. The lowest BCUT2D eigenvalue weighted by Gasteiger charge is -2.39. The molecule has 2 heterocycles. The third-order valence-electron chi connectivity index (χ3n) is 4.94. The maximum absolute atomic E-state index is 12.3. The maximum Gasteiger partial charge on any atom is 0.194 e. The van der Waals surface area contributed by atoms with Crippen LogP contribution in [0.4, 0.5) is 0 Å². The van der Waals surface area contributed by atoms with Gasteiger partial charge in [-0.3, -0.25) is 5.10 Å². The highest BCUT2D eigenvalue weighted by Gasteiger charge is 2.40. The van der Waals surface area contributed by atoms with Crippen molar-refractivity contribution in [1.29, 1.82) is 0 Å². The fourth-order valence-electron chi connectivity index (χ4n) is 3.14. The summed E-state index contributed by atoms with van der Waals surface area (Å²) in [6.45, 7) is 7.33. The molecule has 0 radical (unpaired) electrons. The van der Waals surface area contributed by atoms with E-state index >= 15 is 0 Å². The number of nitrogens with zero attached hydrogens (tertiary/aromatic N) is 4. The highest BCUT2D eigenvalue weighted by atomic mass is 127. The molecular weight excluding hydrogens is 519 g/mol. The van der Waals surface area contributed by atoms with E-state index in [1.54, 1.807) is 21.0 Å². The third-order valence-corrected chi connectivity index (χ3v) is 7.47. The number of nitrogens with one attached hydrogen (secondary N) is 2. The van der Waals surface area contributed by atoms with Crippen molar-refractivity contribution in [2.24, 2.45) is 4.99 Å². The lowest BCUT2D eigenvalue weighted by molar-refractivity contribution is 0.353. The molecule has 0 saturated carbocycles. The summed E-state index contributed by atoms with van der Waals surface area (Å²) < 4.78 is 28.9. The summed E-state index contributed by atoms with van der Waals surface area (Å²) in [4.78, 5) is 11.1. The van der Waals surface area contributed by atoms with Gasteiger partial charge in [-0.1, -0.05) is 0 Å². The van der Waals surface area contributed by atoms with Crippen LogP contribution in [0.3, 0.4) is 0 Å². The molecule has 1 fully saturated rings. The third kappa shape index (κ3) is 5.42. The first-order valence-corrected chi connectivity index (χ1v) is 11.2. The van der Waals surface area contributed by atoms with Gasteiger partial charge in [-0.15, -0.1) is 24.0 Å². The second kappa shape index (κ2) is 9.94. The molecule has 0 amide bonds. The average Bonchev–Trinajstić information content (AvgIpc) is 3.16. The number of H-pyrrole nitrogens is 1. The Bertz CT molecular complexity index is 972. The van der Waals surface area contributed by atoms with Crippen LogP contribution in [0.25, 0.3) is 11.4 Å². The number of benzene rings is 1. The van der Waals surface area contributed by atoms with Crippen molar-refractivity contribution in [3.05, 3.63) is 30.1 Å².